The lowest BCUT2D eigenvalue weighted by molar-refractivity contribution is 0.368. The quantitative estimate of drug-likeness (QED) is 0.469. The van der Waals surface area contributed by atoms with Crippen LogP contribution in [0.15, 0.2) is 34.6 Å². The number of nitrogens with one attached hydrogen (secondary N) is 2. The lowest BCUT2D eigenvalue weighted by Gasteiger charge is -2.17. The Bertz CT molecular complexity index is 722. The molecule has 0 aliphatic carbocycles. The fourth-order valence-electron chi connectivity index (χ4n) is 2.97. The molecule has 0 radical (unpaired) electrons. The highest BCUT2D eigenvalue weighted by molar-refractivity contribution is 7.09. The Kier molecular flexibility index (Phi) is 8.94. The van der Waals surface area contributed by atoms with Crippen molar-refractivity contribution in [2.45, 2.75) is 19.8 Å². The fourth-order valence-corrected chi connectivity index (χ4v) is 3.84. The zero-order valence-corrected chi connectivity index (χ0v) is 18.2. The second kappa shape index (κ2) is 11.4. The Morgan fingerprint density at radius 3 is 2.36 bits per heavy atom. The number of nitrogens with zero attached hydrogens (tertiary/aromatic N) is 1. The minimum Gasteiger partial charge on any atom is -0.496 e. The van der Waals surface area contributed by atoms with Crippen molar-refractivity contribution in [1.82, 2.24) is 10.6 Å². The molecule has 7 heteroatoms. The average molecular weight is 406 g/mol. The predicted molar refractivity (Wildman–Crippen MR) is 116 cm³/mol. The molecule has 0 amide bonds. The van der Waals surface area contributed by atoms with Crippen LogP contribution in [0.25, 0.3) is 0 Å². The minimum absolute atomic E-state index is 0.527. The Morgan fingerprint density at radius 1 is 1.11 bits per heavy atom. The van der Waals surface area contributed by atoms with Crippen molar-refractivity contribution in [1.29, 1.82) is 0 Å². The Balaban J connectivity index is 1.87. The van der Waals surface area contributed by atoms with E-state index in [4.69, 9.17) is 14.2 Å². The highest BCUT2D eigenvalue weighted by atomic mass is 32.1. The number of hydrogen-bond acceptors (Lipinski definition) is 5. The third-order valence-electron chi connectivity index (χ3n) is 4.46. The first kappa shape index (κ1) is 21.9. The van der Waals surface area contributed by atoms with E-state index in [-0.39, 0.29) is 0 Å². The summed E-state index contributed by atoms with van der Waals surface area (Å²) in [6.45, 7) is 3.82. The van der Waals surface area contributed by atoms with Gasteiger partial charge in [-0.3, -0.25) is 4.99 Å². The monoisotopic (exact) mass is 405 g/mol. The maximum absolute atomic E-state index is 5.51. The summed E-state index contributed by atoms with van der Waals surface area (Å²) in [6.07, 6.45) is 1.81. The molecule has 1 aromatic heterocycles. The minimum atomic E-state index is 0.527. The van der Waals surface area contributed by atoms with Crippen LogP contribution >= 0.6 is 11.3 Å². The van der Waals surface area contributed by atoms with E-state index in [1.165, 1.54) is 4.88 Å². The number of aliphatic imine (C=N–C) groups is 1. The van der Waals surface area contributed by atoms with Gasteiger partial charge in [-0.2, -0.15) is 0 Å². The van der Waals surface area contributed by atoms with Gasteiger partial charge in [0.1, 0.15) is 17.2 Å². The molecule has 1 atom stereocenters. The van der Waals surface area contributed by atoms with Gasteiger partial charge in [-0.05, 0) is 30.2 Å². The number of methoxy groups -OCH3 is 3. The molecule has 0 spiro atoms. The Morgan fingerprint density at radius 2 is 1.82 bits per heavy atom. The molecule has 0 fully saturated rings. The number of benzene rings is 1. The topological polar surface area (TPSA) is 64.1 Å². The molecule has 0 saturated heterocycles. The summed E-state index contributed by atoms with van der Waals surface area (Å²) in [4.78, 5) is 5.73. The first-order valence-electron chi connectivity index (χ1n) is 9.37. The van der Waals surface area contributed by atoms with Crippen LogP contribution in [0.4, 0.5) is 0 Å². The SMILES string of the molecule is CN=C(NCCc1c(OC)cc(OC)cc1OC)NCC(C)Cc1cccs1. The molecule has 154 valence electrons. The van der Waals surface area contributed by atoms with Crippen LogP contribution in [0.1, 0.15) is 17.4 Å². The van der Waals surface area contributed by atoms with Gasteiger partial charge in [0.2, 0.25) is 0 Å². The van der Waals surface area contributed by atoms with Gasteiger partial charge in [0.15, 0.2) is 5.96 Å². The van der Waals surface area contributed by atoms with E-state index in [2.05, 4.69) is 40.1 Å². The summed E-state index contributed by atoms with van der Waals surface area (Å²) in [5, 5.41) is 8.89. The number of rotatable bonds is 10. The van der Waals surface area contributed by atoms with Gasteiger partial charge in [0.05, 0.1) is 21.3 Å². The number of ether oxygens (including phenoxy) is 3. The maximum Gasteiger partial charge on any atom is 0.190 e. The molecule has 1 aromatic carbocycles. The van der Waals surface area contributed by atoms with E-state index in [9.17, 15) is 0 Å². The summed E-state index contributed by atoms with van der Waals surface area (Å²) in [5.41, 5.74) is 1.000. The zero-order chi connectivity index (χ0) is 20.4. The molecule has 0 saturated carbocycles. The number of thiophene rings is 1. The van der Waals surface area contributed by atoms with Crippen LogP contribution in [0, 0.1) is 5.92 Å². The normalized spacial score (nSPS) is 12.4. The molecule has 0 aliphatic heterocycles. The number of hydrogen-bond donors (Lipinski definition) is 2. The lowest BCUT2D eigenvalue weighted by Crippen LogP contribution is -2.40. The molecule has 2 rings (SSSR count). The number of guanidine groups is 1. The average Bonchev–Trinajstić information content (AvgIpc) is 3.22. The van der Waals surface area contributed by atoms with Crippen molar-refractivity contribution in [2.24, 2.45) is 10.9 Å². The Labute approximate surface area is 171 Å². The van der Waals surface area contributed by atoms with Crippen molar-refractivity contribution >= 4 is 17.3 Å². The molecular formula is C21H31N3O3S. The molecular weight excluding hydrogens is 374 g/mol. The third-order valence-corrected chi connectivity index (χ3v) is 5.35. The first-order valence-corrected chi connectivity index (χ1v) is 10.2. The Hall–Kier alpha value is -2.41. The van der Waals surface area contributed by atoms with Gasteiger partial charge in [0, 0.05) is 42.7 Å². The van der Waals surface area contributed by atoms with Crippen molar-refractivity contribution in [2.75, 3.05) is 41.5 Å². The van der Waals surface area contributed by atoms with Crippen molar-refractivity contribution in [3.8, 4) is 17.2 Å². The largest absolute Gasteiger partial charge is 0.496 e. The summed E-state index contributed by atoms with van der Waals surface area (Å²) in [6, 6.07) is 8.03. The van der Waals surface area contributed by atoms with Crippen LogP contribution in [0.3, 0.4) is 0 Å². The van der Waals surface area contributed by atoms with Gasteiger partial charge in [-0.25, -0.2) is 0 Å². The van der Waals surface area contributed by atoms with Crippen LogP contribution in [0.2, 0.25) is 0 Å². The van der Waals surface area contributed by atoms with Crippen LogP contribution in [-0.2, 0) is 12.8 Å². The standard InChI is InChI=1S/C21H31N3O3S/c1-15(11-17-7-6-10-28-17)14-24-21(22-2)23-9-8-18-19(26-4)12-16(25-3)13-20(18)27-5/h6-7,10,12-13,15H,8-9,11,14H2,1-5H3,(H2,22,23,24). The van der Waals surface area contributed by atoms with E-state index < -0.39 is 0 Å². The molecule has 2 N–H and O–H groups in total. The van der Waals surface area contributed by atoms with Gasteiger partial charge < -0.3 is 24.8 Å². The fraction of sp³-hybridized carbons (Fsp3) is 0.476. The summed E-state index contributed by atoms with van der Waals surface area (Å²) in [5.74, 6) is 3.54. The summed E-state index contributed by atoms with van der Waals surface area (Å²) < 4.78 is 16.3. The van der Waals surface area contributed by atoms with Crippen LogP contribution in [0.5, 0.6) is 17.2 Å². The molecule has 6 nitrogen and oxygen atoms in total. The highest BCUT2D eigenvalue weighted by Gasteiger charge is 2.13. The summed E-state index contributed by atoms with van der Waals surface area (Å²) in [7, 11) is 6.72. The molecule has 28 heavy (non-hydrogen) atoms. The van der Waals surface area contributed by atoms with Gasteiger partial charge in [0.25, 0.3) is 0 Å². The highest BCUT2D eigenvalue weighted by Crippen LogP contribution is 2.34. The van der Waals surface area contributed by atoms with Crippen molar-refractivity contribution in [3.63, 3.8) is 0 Å². The van der Waals surface area contributed by atoms with Crippen LogP contribution in [-0.4, -0.2) is 47.4 Å². The zero-order valence-electron chi connectivity index (χ0n) is 17.4. The lowest BCUT2D eigenvalue weighted by atomic mass is 10.1. The van der Waals surface area contributed by atoms with Gasteiger partial charge >= 0.3 is 0 Å². The van der Waals surface area contributed by atoms with E-state index >= 15 is 0 Å². The predicted octanol–water partition coefficient (Wildman–Crippen LogP) is 3.36. The van der Waals surface area contributed by atoms with Crippen molar-refractivity contribution < 1.29 is 14.2 Å². The molecule has 0 bridgehead atoms. The molecule has 1 heterocycles. The second-order valence-corrected chi connectivity index (χ2v) is 7.56. The summed E-state index contributed by atoms with van der Waals surface area (Å²) >= 11 is 1.81. The van der Waals surface area contributed by atoms with E-state index in [0.29, 0.717) is 18.2 Å². The second-order valence-electron chi connectivity index (χ2n) is 6.53. The first-order chi connectivity index (χ1) is 13.6. The van der Waals surface area contributed by atoms with Gasteiger partial charge in [-0.15, -0.1) is 11.3 Å². The van der Waals surface area contributed by atoms with Gasteiger partial charge in [-0.1, -0.05) is 13.0 Å². The maximum atomic E-state index is 5.51. The van der Waals surface area contributed by atoms with Crippen molar-refractivity contribution in [3.05, 3.63) is 40.1 Å². The molecule has 0 aliphatic rings. The third kappa shape index (κ3) is 6.34. The van der Waals surface area contributed by atoms with E-state index in [1.807, 2.05) is 12.1 Å². The molecule has 2 aromatic rings. The van der Waals surface area contributed by atoms with Crippen LogP contribution < -0.4 is 24.8 Å². The molecule has 1 unspecified atom stereocenters. The van der Waals surface area contributed by atoms with E-state index in [1.54, 1.807) is 39.7 Å². The van der Waals surface area contributed by atoms with E-state index in [0.717, 1.165) is 42.4 Å². The smallest absolute Gasteiger partial charge is 0.190 e.